The zero-order valence-electron chi connectivity index (χ0n) is 22.9. The molecule has 0 aliphatic carbocycles. The first-order valence-corrected chi connectivity index (χ1v) is 14.1. The van der Waals surface area contributed by atoms with E-state index in [1.807, 2.05) is 19.1 Å². The van der Waals surface area contributed by atoms with Crippen LogP contribution in [-0.4, -0.2) is 48.0 Å². The number of nitrogens with one attached hydrogen (secondary N) is 1. The van der Waals surface area contributed by atoms with Crippen LogP contribution in [0.25, 0.3) is 0 Å². The highest BCUT2D eigenvalue weighted by molar-refractivity contribution is 7.09. The molecular weight excluding hydrogens is 530 g/mol. The van der Waals surface area contributed by atoms with Crippen LogP contribution >= 0.6 is 11.5 Å². The second-order valence-corrected chi connectivity index (χ2v) is 10.6. The molecule has 4 rings (SSSR count). The summed E-state index contributed by atoms with van der Waals surface area (Å²) in [5.74, 6) is -0.894. The van der Waals surface area contributed by atoms with Gasteiger partial charge in [-0.1, -0.05) is 38.1 Å². The molecule has 40 heavy (non-hydrogen) atoms. The van der Waals surface area contributed by atoms with Crippen molar-refractivity contribution in [3.05, 3.63) is 70.2 Å². The smallest absolute Gasteiger partial charge is 0.273 e. The molecule has 5 N–H and O–H groups in total. The van der Waals surface area contributed by atoms with Crippen molar-refractivity contribution in [1.29, 1.82) is 0 Å². The third kappa shape index (κ3) is 6.43. The van der Waals surface area contributed by atoms with Gasteiger partial charge in [0.1, 0.15) is 16.7 Å². The number of rotatable bonds is 11. The molecule has 0 spiro atoms. The highest BCUT2D eigenvalue weighted by atomic mass is 32.1. The summed E-state index contributed by atoms with van der Waals surface area (Å²) in [7, 11) is 0. The lowest BCUT2D eigenvalue weighted by atomic mass is 10.00. The summed E-state index contributed by atoms with van der Waals surface area (Å²) in [5, 5.41) is 2.98. The van der Waals surface area contributed by atoms with Gasteiger partial charge in [0.05, 0.1) is 18.4 Å². The van der Waals surface area contributed by atoms with Gasteiger partial charge in [-0.3, -0.25) is 19.3 Å². The molecule has 212 valence electrons. The van der Waals surface area contributed by atoms with Crippen LogP contribution in [0.1, 0.15) is 76.9 Å². The molecule has 1 fully saturated rings. The Hall–Kier alpha value is -3.96. The Bertz CT molecular complexity index is 1330. The van der Waals surface area contributed by atoms with E-state index in [2.05, 4.69) is 23.5 Å². The van der Waals surface area contributed by atoms with Gasteiger partial charge in [0.25, 0.3) is 11.8 Å². The Labute approximate surface area is 237 Å². The van der Waals surface area contributed by atoms with Crippen LogP contribution in [0.15, 0.2) is 48.5 Å². The molecule has 3 amide bonds. The van der Waals surface area contributed by atoms with Crippen molar-refractivity contribution in [1.82, 2.24) is 9.69 Å². The van der Waals surface area contributed by atoms with Gasteiger partial charge in [-0.15, -0.1) is 0 Å². The predicted octanol–water partition coefficient (Wildman–Crippen LogP) is 4.03. The number of nitrogens with two attached hydrogens (primary N) is 2. The summed E-state index contributed by atoms with van der Waals surface area (Å²) in [4.78, 5) is 41.4. The zero-order chi connectivity index (χ0) is 28.8. The maximum Gasteiger partial charge on any atom is 0.273 e. The first-order chi connectivity index (χ1) is 19.2. The number of anilines is 2. The van der Waals surface area contributed by atoms with E-state index in [0.29, 0.717) is 36.8 Å². The number of ether oxygens (including phenoxy) is 2. The van der Waals surface area contributed by atoms with Crippen LogP contribution in [0.5, 0.6) is 5.75 Å². The minimum atomic E-state index is -1.08. The lowest BCUT2D eigenvalue weighted by Crippen LogP contribution is -2.45. The molecule has 1 aliphatic rings. The molecule has 1 aromatic heterocycles. The summed E-state index contributed by atoms with van der Waals surface area (Å²) >= 11 is 0.772. The molecule has 10 nitrogen and oxygen atoms in total. The number of carbonyl (C=O) groups excluding carboxylic acids is 3. The van der Waals surface area contributed by atoms with E-state index in [4.69, 9.17) is 20.9 Å². The van der Waals surface area contributed by atoms with Crippen LogP contribution in [0.2, 0.25) is 0 Å². The average Bonchev–Trinajstić information content (AvgIpc) is 3.60. The van der Waals surface area contributed by atoms with Crippen LogP contribution < -0.4 is 26.4 Å². The minimum Gasteiger partial charge on any atom is -0.494 e. The lowest BCUT2D eigenvalue weighted by Gasteiger charge is -2.32. The summed E-state index contributed by atoms with van der Waals surface area (Å²) in [6.45, 7) is 7.49. The first-order valence-electron chi connectivity index (χ1n) is 13.3. The highest BCUT2D eigenvalue weighted by Crippen LogP contribution is 2.34. The number of nitrogens with zero attached hydrogens (tertiary/aromatic N) is 2. The van der Waals surface area contributed by atoms with E-state index in [1.54, 1.807) is 36.4 Å². The van der Waals surface area contributed by atoms with E-state index in [9.17, 15) is 14.4 Å². The standard InChI is InChI=1S/C29H35N5O5S/c1-4-38-21-13-9-19(10-14-21)25(28(36)32-16-22-6-5-15-39-22)34(20-11-7-18(8-12-20)17(2)3)29(37)26-23(30)24(27(31)35)33-40-26/h7-14,17,22,25H,4-6,15-16,30H2,1-3H3,(H2,31,35)(H,32,36)/t22-,25+/m1/s1. The third-order valence-electron chi connectivity index (χ3n) is 6.75. The molecule has 1 saturated heterocycles. The largest absolute Gasteiger partial charge is 0.494 e. The average molecular weight is 566 g/mol. The molecule has 2 atom stereocenters. The number of amides is 3. The molecule has 3 aromatic rings. The Morgan fingerprint density at radius 1 is 1.12 bits per heavy atom. The Kier molecular flexibility index (Phi) is 9.38. The van der Waals surface area contributed by atoms with Crippen molar-refractivity contribution in [2.45, 2.75) is 51.7 Å². The normalized spacial score (nSPS) is 15.6. The lowest BCUT2D eigenvalue weighted by molar-refractivity contribution is -0.123. The number of primary amides is 1. The van der Waals surface area contributed by atoms with Gasteiger partial charge in [-0.2, -0.15) is 4.37 Å². The van der Waals surface area contributed by atoms with Gasteiger partial charge >= 0.3 is 0 Å². The van der Waals surface area contributed by atoms with Crippen LogP contribution in [0.3, 0.4) is 0 Å². The van der Waals surface area contributed by atoms with E-state index < -0.39 is 17.9 Å². The maximum absolute atomic E-state index is 14.2. The number of hydrogen-bond donors (Lipinski definition) is 3. The van der Waals surface area contributed by atoms with Gasteiger partial charge in [0.15, 0.2) is 5.69 Å². The van der Waals surface area contributed by atoms with Crippen molar-refractivity contribution in [3.63, 3.8) is 0 Å². The Morgan fingerprint density at radius 3 is 2.35 bits per heavy atom. The van der Waals surface area contributed by atoms with Gasteiger partial charge in [-0.25, -0.2) is 0 Å². The summed E-state index contributed by atoms with van der Waals surface area (Å²) < 4.78 is 15.3. The SMILES string of the molecule is CCOc1ccc([C@@H](C(=O)NC[C@H]2CCCO2)N(C(=O)c2snc(C(N)=O)c2N)c2ccc(C(C)C)cc2)cc1. The fourth-order valence-electron chi connectivity index (χ4n) is 4.59. The van der Waals surface area contributed by atoms with E-state index >= 15 is 0 Å². The second-order valence-electron chi connectivity index (χ2n) is 9.84. The Balaban J connectivity index is 1.81. The molecule has 0 radical (unpaired) electrons. The van der Waals surface area contributed by atoms with Gasteiger partial charge in [0.2, 0.25) is 5.91 Å². The molecular formula is C29H35N5O5S. The number of carbonyl (C=O) groups is 3. The number of nitrogen functional groups attached to an aromatic ring is 1. The highest BCUT2D eigenvalue weighted by Gasteiger charge is 2.36. The molecule has 2 aromatic carbocycles. The van der Waals surface area contributed by atoms with Gasteiger partial charge < -0.3 is 26.3 Å². The molecule has 11 heteroatoms. The second kappa shape index (κ2) is 12.9. The number of hydrogen-bond acceptors (Lipinski definition) is 8. The topological polar surface area (TPSA) is 150 Å². The molecule has 0 saturated carbocycles. The number of aromatic nitrogens is 1. The summed E-state index contributed by atoms with van der Waals surface area (Å²) in [6, 6.07) is 13.4. The minimum absolute atomic E-state index is 0.0181. The van der Waals surface area contributed by atoms with Gasteiger partial charge in [-0.05, 0) is 72.6 Å². The molecule has 0 unspecified atom stereocenters. The summed E-state index contributed by atoms with van der Waals surface area (Å²) in [5.41, 5.74) is 13.4. The van der Waals surface area contributed by atoms with Crippen molar-refractivity contribution in [3.8, 4) is 5.75 Å². The number of benzene rings is 2. The van der Waals surface area contributed by atoms with Crippen LogP contribution in [-0.2, 0) is 9.53 Å². The third-order valence-corrected chi connectivity index (χ3v) is 7.60. The van der Waals surface area contributed by atoms with Crippen molar-refractivity contribution in [2.75, 3.05) is 30.4 Å². The van der Waals surface area contributed by atoms with E-state index in [-0.39, 0.29) is 34.2 Å². The quantitative estimate of drug-likeness (QED) is 0.318. The molecule has 1 aliphatic heterocycles. The molecule has 2 heterocycles. The summed E-state index contributed by atoms with van der Waals surface area (Å²) in [6.07, 6.45) is 1.69. The van der Waals surface area contributed by atoms with Gasteiger partial charge in [0, 0.05) is 18.8 Å². The Morgan fingerprint density at radius 2 is 1.80 bits per heavy atom. The monoisotopic (exact) mass is 565 g/mol. The van der Waals surface area contributed by atoms with Crippen molar-refractivity contribution in [2.24, 2.45) is 5.73 Å². The van der Waals surface area contributed by atoms with Crippen LogP contribution in [0.4, 0.5) is 11.4 Å². The van der Waals surface area contributed by atoms with E-state index in [1.165, 1.54) is 4.90 Å². The van der Waals surface area contributed by atoms with Crippen molar-refractivity contribution < 1.29 is 23.9 Å². The predicted molar refractivity (Wildman–Crippen MR) is 155 cm³/mol. The van der Waals surface area contributed by atoms with E-state index in [0.717, 1.165) is 29.9 Å². The van der Waals surface area contributed by atoms with Crippen LogP contribution in [0, 0.1) is 0 Å². The fourth-order valence-corrected chi connectivity index (χ4v) is 5.33. The fraction of sp³-hybridized carbons (Fsp3) is 0.379. The first kappa shape index (κ1) is 29.0. The zero-order valence-corrected chi connectivity index (χ0v) is 23.7. The maximum atomic E-state index is 14.2. The van der Waals surface area contributed by atoms with Crippen molar-refractivity contribution >= 4 is 40.6 Å². The molecule has 0 bridgehead atoms.